The van der Waals surface area contributed by atoms with E-state index in [1.54, 1.807) is 6.07 Å². The van der Waals surface area contributed by atoms with Gasteiger partial charge < -0.3 is 4.74 Å². The summed E-state index contributed by atoms with van der Waals surface area (Å²) in [4.78, 5) is 2.32. The zero-order chi connectivity index (χ0) is 20.4. The minimum atomic E-state index is -4.37. The lowest BCUT2D eigenvalue weighted by atomic mass is 9.89. The Hall–Kier alpha value is -2.79. The Morgan fingerprint density at radius 2 is 1.45 bits per heavy atom. The number of likely N-dealkylation sites (tertiary alicyclic amines) is 1. The molecule has 0 amide bonds. The quantitative estimate of drug-likeness (QED) is 0.528. The maximum atomic E-state index is 13.0. The molecule has 0 aliphatic carbocycles. The largest absolute Gasteiger partial charge is 0.487 e. The van der Waals surface area contributed by atoms with Crippen LogP contribution in [-0.4, -0.2) is 23.6 Å². The van der Waals surface area contributed by atoms with Crippen molar-refractivity contribution in [3.05, 3.63) is 102 Å². The normalized spacial score (nSPS) is 19.8. The molecular formula is C24H22F3NO. The predicted molar refractivity (Wildman–Crippen MR) is 107 cm³/mol. The monoisotopic (exact) mass is 397 g/mol. The number of hydrogen-bond acceptors (Lipinski definition) is 2. The summed E-state index contributed by atoms with van der Waals surface area (Å²) < 4.78 is 44.8. The zero-order valence-corrected chi connectivity index (χ0v) is 16.0. The average molecular weight is 397 g/mol. The summed E-state index contributed by atoms with van der Waals surface area (Å²) in [7, 11) is 0. The van der Waals surface area contributed by atoms with Crippen LogP contribution in [0, 0.1) is 0 Å². The number of alkyl halides is 3. The van der Waals surface area contributed by atoms with Gasteiger partial charge in [0.1, 0.15) is 11.9 Å². The Morgan fingerprint density at radius 1 is 0.862 bits per heavy atom. The van der Waals surface area contributed by atoms with Crippen LogP contribution in [0.15, 0.2) is 84.9 Å². The molecule has 2 nitrogen and oxygen atoms in total. The van der Waals surface area contributed by atoms with Gasteiger partial charge in [0, 0.05) is 12.6 Å². The van der Waals surface area contributed by atoms with Gasteiger partial charge in [-0.05, 0) is 36.2 Å². The predicted octanol–water partition coefficient (Wildman–Crippen LogP) is 5.95. The molecule has 1 aliphatic heterocycles. The second-order valence-electron chi connectivity index (χ2n) is 7.34. The molecule has 1 heterocycles. The second kappa shape index (κ2) is 7.91. The summed E-state index contributed by atoms with van der Waals surface area (Å²) in [6.45, 7) is 2.70. The van der Waals surface area contributed by atoms with Crippen molar-refractivity contribution in [3.8, 4) is 5.75 Å². The molecule has 0 radical (unpaired) electrons. The van der Waals surface area contributed by atoms with Gasteiger partial charge in [0.25, 0.3) is 0 Å². The molecule has 5 heteroatoms. The minimum absolute atomic E-state index is 0.0648. The highest BCUT2D eigenvalue weighted by Gasteiger charge is 2.42. The maximum Gasteiger partial charge on any atom is 0.416 e. The van der Waals surface area contributed by atoms with Crippen LogP contribution in [0.25, 0.3) is 0 Å². The fourth-order valence-corrected chi connectivity index (χ4v) is 3.85. The Morgan fingerprint density at radius 3 is 1.97 bits per heavy atom. The van der Waals surface area contributed by atoms with Crippen LogP contribution in [0.3, 0.4) is 0 Å². The van der Waals surface area contributed by atoms with E-state index in [0.29, 0.717) is 6.54 Å². The summed E-state index contributed by atoms with van der Waals surface area (Å²) in [6.07, 6.45) is -4.53. The van der Waals surface area contributed by atoms with Crippen LogP contribution in [0.5, 0.6) is 5.75 Å². The van der Waals surface area contributed by atoms with Gasteiger partial charge >= 0.3 is 6.18 Å². The van der Waals surface area contributed by atoms with Gasteiger partial charge in [-0.1, -0.05) is 66.7 Å². The van der Waals surface area contributed by atoms with Gasteiger partial charge in [-0.15, -0.1) is 0 Å². The van der Waals surface area contributed by atoms with Crippen molar-refractivity contribution >= 4 is 0 Å². The van der Waals surface area contributed by atoms with Crippen LogP contribution in [0.2, 0.25) is 0 Å². The highest BCUT2D eigenvalue weighted by atomic mass is 19.4. The third kappa shape index (κ3) is 4.15. The first kappa shape index (κ1) is 19.5. The van der Waals surface area contributed by atoms with Crippen molar-refractivity contribution in [3.63, 3.8) is 0 Å². The molecule has 29 heavy (non-hydrogen) atoms. The third-order valence-electron chi connectivity index (χ3n) is 5.46. The first-order valence-electron chi connectivity index (χ1n) is 9.63. The Labute approximate surface area is 168 Å². The fourth-order valence-electron chi connectivity index (χ4n) is 3.85. The third-order valence-corrected chi connectivity index (χ3v) is 5.46. The van der Waals surface area contributed by atoms with E-state index in [1.807, 2.05) is 36.4 Å². The lowest BCUT2D eigenvalue weighted by Crippen LogP contribution is -2.62. The standard InChI is InChI=1S/C24H22F3NO/c1-17-22(29-21-14-8-13-20(15-21)24(25,26)27)16-28(17)23(18-9-4-2-5-10-18)19-11-6-3-7-12-19/h2-15,17,22-23H,16H2,1H3/t17-,22+/m0/s1. The molecule has 0 aromatic heterocycles. The van der Waals surface area contributed by atoms with Gasteiger partial charge in [0.15, 0.2) is 0 Å². The van der Waals surface area contributed by atoms with Crippen LogP contribution in [-0.2, 0) is 6.18 Å². The molecule has 0 N–H and O–H groups in total. The van der Waals surface area contributed by atoms with E-state index in [4.69, 9.17) is 4.74 Å². The Balaban J connectivity index is 1.52. The van der Waals surface area contributed by atoms with E-state index < -0.39 is 11.7 Å². The summed E-state index contributed by atoms with van der Waals surface area (Å²) in [6, 6.07) is 25.7. The number of rotatable bonds is 5. The Bertz CT molecular complexity index is 904. The van der Waals surface area contributed by atoms with Crippen molar-refractivity contribution in [1.29, 1.82) is 0 Å². The highest BCUT2D eigenvalue weighted by molar-refractivity contribution is 5.34. The smallest absolute Gasteiger partial charge is 0.416 e. The molecule has 0 unspecified atom stereocenters. The maximum absolute atomic E-state index is 13.0. The molecule has 1 saturated heterocycles. The van der Waals surface area contributed by atoms with E-state index >= 15 is 0 Å². The number of benzene rings is 3. The van der Waals surface area contributed by atoms with E-state index in [2.05, 4.69) is 36.1 Å². The van der Waals surface area contributed by atoms with Crippen molar-refractivity contribution < 1.29 is 17.9 Å². The van der Waals surface area contributed by atoms with Gasteiger partial charge in [-0.25, -0.2) is 0 Å². The van der Waals surface area contributed by atoms with Crippen LogP contribution in [0.1, 0.15) is 29.7 Å². The lowest BCUT2D eigenvalue weighted by Gasteiger charge is -2.50. The SMILES string of the molecule is C[C@H]1[C@H](Oc2cccc(C(F)(F)F)c2)CN1C(c1ccccc1)c1ccccc1. The van der Waals surface area contributed by atoms with Crippen molar-refractivity contribution in [1.82, 2.24) is 4.90 Å². The minimum Gasteiger partial charge on any atom is -0.487 e. The molecule has 0 saturated carbocycles. The van der Waals surface area contributed by atoms with Crippen LogP contribution in [0.4, 0.5) is 13.2 Å². The van der Waals surface area contributed by atoms with Crippen LogP contribution >= 0.6 is 0 Å². The summed E-state index contributed by atoms with van der Waals surface area (Å²) in [5, 5.41) is 0. The van der Waals surface area contributed by atoms with E-state index in [1.165, 1.54) is 17.2 Å². The number of halogens is 3. The summed E-state index contributed by atoms with van der Waals surface area (Å²) in [5.74, 6) is 0.257. The molecule has 1 aliphatic rings. The van der Waals surface area contributed by atoms with E-state index in [0.717, 1.165) is 12.1 Å². The number of nitrogens with zero attached hydrogens (tertiary/aromatic N) is 1. The van der Waals surface area contributed by atoms with Gasteiger partial charge in [-0.3, -0.25) is 4.90 Å². The highest BCUT2D eigenvalue weighted by Crippen LogP contribution is 2.38. The van der Waals surface area contributed by atoms with E-state index in [9.17, 15) is 13.2 Å². The zero-order valence-electron chi connectivity index (χ0n) is 16.0. The van der Waals surface area contributed by atoms with Crippen LogP contribution < -0.4 is 4.74 Å². The summed E-state index contributed by atoms with van der Waals surface area (Å²) >= 11 is 0. The first-order valence-corrected chi connectivity index (χ1v) is 9.63. The van der Waals surface area contributed by atoms with Gasteiger partial charge in [0.2, 0.25) is 0 Å². The molecule has 1 fully saturated rings. The topological polar surface area (TPSA) is 12.5 Å². The van der Waals surface area contributed by atoms with Crippen molar-refractivity contribution in [2.24, 2.45) is 0 Å². The van der Waals surface area contributed by atoms with Crippen molar-refractivity contribution in [2.75, 3.05) is 6.54 Å². The van der Waals surface area contributed by atoms with E-state index in [-0.39, 0.29) is 23.9 Å². The van der Waals surface area contributed by atoms with Gasteiger partial charge in [-0.2, -0.15) is 13.2 Å². The van der Waals surface area contributed by atoms with Gasteiger partial charge in [0.05, 0.1) is 11.6 Å². The van der Waals surface area contributed by atoms with Crippen molar-refractivity contribution in [2.45, 2.75) is 31.3 Å². The second-order valence-corrected chi connectivity index (χ2v) is 7.34. The molecule has 150 valence electrons. The number of ether oxygens (including phenoxy) is 1. The summed E-state index contributed by atoms with van der Waals surface area (Å²) in [5.41, 5.74) is 1.68. The fraction of sp³-hybridized carbons (Fsp3) is 0.250. The molecule has 2 atom stereocenters. The molecule has 3 aromatic carbocycles. The number of hydrogen-bond donors (Lipinski definition) is 0. The Kier molecular flexibility index (Phi) is 5.33. The molecule has 0 spiro atoms. The first-order chi connectivity index (χ1) is 13.9. The molecule has 4 rings (SSSR count). The average Bonchev–Trinajstić information content (AvgIpc) is 2.74. The molecule has 3 aromatic rings. The molecular weight excluding hydrogens is 375 g/mol. The lowest BCUT2D eigenvalue weighted by molar-refractivity contribution is -0.137. The molecule has 0 bridgehead atoms.